The molecule has 0 bridgehead atoms. The summed E-state index contributed by atoms with van der Waals surface area (Å²) in [5, 5.41) is 0. The minimum Gasteiger partial charge on any atom is -0.347 e. The van der Waals surface area contributed by atoms with Crippen LogP contribution in [0.15, 0.2) is 23.1 Å². The van der Waals surface area contributed by atoms with Crippen molar-refractivity contribution in [3.63, 3.8) is 0 Å². The highest BCUT2D eigenvalue weighted by atomic mass is 16.2. The number of rotatable bonds is 3. The smallest absolute Gasteiger partial charge is 0.255 e. The van der Waals surface area contributed by atoms with Gasteiger partial charge >= 0.3 is 0 Å². The number of nitrogens with one attached hydrogen (secondary N) is 1. The molecule has 92 valence electrons. The molecule has 0 aliphatic rings. The molecule has 0 saturated carbocycles. The normalized spacial score (nSPS) is 9.82. The first-order chi connectivity index (χ1) is 7.91. The van der Waals surface area contributed by atoms with Crippen molar-refractivity contribution < 1.29 is 9.59 Å². The molecule has 0 aliphatic carbocycles. The van der Waals surface area contributed by atoms with Gasteiger partial charge in [-0.2, -0.15) is 0 Å². The molecule has 17 heavy (non-hydrogen) atoms. The van der Waals surface area contributed by atoms with Gasteiger partial charge in [-0.1, -0.05) is 0 Å². The van der Waals surface area contributed by atoms with E-state index in [0.717, 1.165) is 0 Å². The molecule has 1 aromatic rings. The summed E-state index contributed by atoms with van der Waals surface area (Å²) >= 11 is 0. The van der Waals surface area contributed by atoms with Crippen molar-refractivity contribution in [2.24, 2.45) is 0 Å². The Balaban J connectivity index is 2.73. The average Bonchev–Trinajstić information content (AvgIpc) is 2.28. The second-order valence-electron chi connectivity index (χ2n) is 3.89. The molecule has 0 unspecified atom stereocenters. The van der Waals surface area contributed by atoms with Crippen LogP contribution in [0.5, 0.6) is 0 Å². The third kappa shape index (κ3) is 3.44. The molecule has 0 fully saturated rings. The molecule has 0 aliphatic heterocycles. The van der Waals surface area contributed by atoms with Crippen molar-refractivity contribution in [2.75, 3.05) is 27.7 Å². The van der Waals surface area contributed by atoms with Crippen LogP contribution in [-0.2, 0) is 4.79 Å². The van der Waals surface area contributed by atoms with Crippen molar-refractivity contribution in [1.82, 2.24) is 14.8 Å². The maximum atomic E-state index is 11.8. The highest BCUT2D eigenvalue weighted by molar-refractivity contribution is 5.95. The Bertz CT molecular complexity index is 459. The van der Waals surface area contributed by atoms with Gasteiger partial charge in [0.05, 0.1) is 12.1 Å². The van der Waals surface area contributed by atoms with Gasteiger partial charge in [-0.3, -0.25) is 14.4 Å². The van der Waals surface area contributed by atoms with E-state index in [2.05, 4.69) is 4.98 Å². The number of aromatic nitrogens is 1. The third-order valence-electron chi connectivity index (χ3n) is 2.25. The number of carbonyl (C=O) groups is 2. The van der Waals surface area contributed by atoms with Crippen molar-refractivity contribution in [3.05, 3.63) is 34.2 Å². The minimum atomic E-state index is -0.309. The number of H-pyrrole nitrogens is 1. The van der Waals surface area contributed by atoms with E-state index in [1.54, 1.807) is 14.1 Å². The Kier molecular flexibility index (Phi) is 4.03. The van der Waals surface area contributed by atoms with Crippen LogP contribution in [0.1, 0.15) is 10.4 Å². The van der Waals surface area contributed by atoms with Crippen LogP contribution < -0.4 is 5.56 Å². The quantitative estimate of drug-likeness (QED) is 0.772. The first-order valence-corrected chi connectivity index (χ1v) is 5.06. The molecular formula is C11H15N3O3. The van der Waals surface area contributed by atoms with Crippen LogP contribution in [0.25, 0.3) is 0 Å². The summed E-state index contributed by atoms with van der Waals surface area (Å²) in [5.41, 5.74) is 0.0761. The summed E-state index contributed by atoms with van der Waals surface area (Å²) in [6, 6.07) is 2.70. The van der Waals surface area contributed by atoms with Crippen LogP contribution in [0, 0.1) is 0 Å². The molecule has 0 spiro atoms. The Labute approximate surface area is 98.8 Å². The molecule has 1 rings (SSSR count). The molecule has 1 N–H and O–H groups in total. The van der Waals surface area contributed by atoms with Crippen molar-refractivity contribution >= 4 is 11.8 Å². The molecule has 0 saturated heterocycles. The zero-order valence-corrected chi connectivity index (χ0v) is 10.1. The van der Waals surface area contributed by atoms with E-state index in [1.807, 2.05) is 0 Å². The van der Waals surface area contributed by atoms with Crippen LogP contribution in [0.4, 0.5) is 0 Å². The highest BCUT2D eigenvalue weighted by Gasteiger charge is 2.15. The molecule has 0 radical (unpaired) electrons. The molecule has 6 nitrogen and oxygen atoms in total. The van der Waals surface area contributed by atoms with Crippen LogP contribution >= 0.6 is 0 Å². The number of amides is 2. The zero-order chi connectivity index (χ0) is 13.0. The summed E-state index contributed by atoms with van der Waals surface area (Å²) in [6.07, 6.45) is 1.33. The van der Waals surface area contributed by atoms with E-state index >= 15 is 0 Å². The minimum absolute atomic E-state index is 0.00492. The number of likely N-dealkylation sites (N-methyl/N-ethyl adjacent to an activating group) is 2. The molecule has 6 heteroatoms. The second kappa shape index (κ2) is 5.29. The lowest BCUT2D eigenvalue weighted by Gasteiger charge is -2.19. The van der Waals surface area contributed by atoms with Gasteiger partial charge in [0.1, 0.15) is 0 Å². The molecule has 0 aromatic carbocycles. The lowest BCUT2D eigenvalue weighted by molar-refractivity contribution is -0.129. The number of pyridine rings is 1. The number of nitrogens with zero attached hydrogens (tertiary/aromatic N) is 2. The van der Waals surface area contributed by atoms with Gasteiger partial charge in [0, 0.05) is 33.4 Å². The molecular weight excluding hydrogens is 222 g/mol. The zero-order valence-electron chi connectivity index (χ0n) is 10.1. The molecule has 1 heterocycles. The maximum Gasteiger partial charge on any atom is 0.255 e. The predicted molar refractivity (Wildman–Crippen MR) is 62.7 cm³/mol. The van der Waals surface area contributed by atoms with Crippen molar-refractivity contribution in [1.29, 1.82) is 0 Å². The van der Waals surface area contributed by atoms with Crippen molar-refractivity contribution in [2.45, 2.75) is 0 Å². The lowest BCUT2D eigenvalue weighted by atomic mass is 10.2. The highest BCUT2D eigenvalue weighted by Crippen LogP contribution is 2.00. The van der Waals surface area contributed by atoms with Gasteiger partial charge in [0.25, 0.3) is 5.91 Å². The predicted octanol–water partition coefficient (Wildman–Crippen LogP) is -0.465. The van der Waals surface area contributed by atoms with Crippen molar-refractivity contribution in [3.8, 4) is 0 Å². The Hall–Kier alpha value is -2.11. The van der Waals surface area contributed by atoms with Crippen LogP contribution in [0.3, 0.4) is 0 Å². The summed E-state index contributed by atoms with van der Waals surface area (Å²) in [5.74, 6) is -0.471. The fourth-order valence-electron chi connectivity index (χ4n) is 1.18. The SMILES string of the molecule is CN(C)C(=O)CN(C)C(=O)c1ccc(=O)[nH]c1. The molecule has 2 amide bonds. The number of hydrogen-bond donors (Lipinski definition) is 1. The summed E-state index contributed by atoms with van der Waals surface area (Å²) in [4.78, 5) is 39.2. The van der Waals surface area contributed by atoms with Gasteiger partial charge in [-0.25, -0.2) is 0 Å². The molecule has 0 atom stereocenters. The topological polar surface area (TPSA) is 73.5 Å². The monoisotopic (exact) mass is 237 g/mol. The fraction of sp³-hybridized carbons (Fsp3) is 0.364. The summed E-state index contributed by atoms with van der Waals surface area (Å²) < 4.78 is 0. The Morgan fingerprint density at radius 1 is 1.24 bits per heavy atom. The molecule has 1 aromatic heterocycles. The lowest BCUT2D eigenvalue weighted by Crippen LogP contribution is -2.37. The van der Waals surface area contributed by atoms with Crippen LogP contribution in [0.2, 0.25) is 0 Å². The van der Waals surface area contributed by atoms with E-state index in [4.69, 9.17) is 0 Å². The van der Waals surface area contributed by atoms with Gasteiger partial charge in [-0.15, -0.1) is 0 Å². The van der Waals surface area contributed by atoms with E-state index in [9.17, 15) is 14.4 Å². The number of hydrogen-bond acceptors (Lipinski definition) is 3. The number of carbonyl (C=O) groups excluding carboxylic acids is 2. The summed E-state index contributed by atoms with van der Waals surface area (Å²) in [7, 11) is 4.79. The van der Waals surface area contributed by atoms with E-state index in [1.165, 1.54) is 35.2 Å². The standard InChI is InChI=1S/C11H15N3O3/c1-13(2)10(16)7-14(3)11(17)8-4-5-9(15)12-6-8/h4-6H,7H2,1-3H3,(H,12,15). The first-order valence-electron chi connectivity index (χ1n) is 5.06. The van der Waals surface area contributed by atoms with Crippen LogP contribution in [-0.4, -0.2) is 54.3 Å². The number of aromatic amines is 1. The largest absolute Gasteiger partial charge is 0.347 e. The van der Waals surface area contributed by atoms with Gasteiger partial charge in [0.15, 0.2) is 0 Å². The van der Waals surface area contributed by atoms with E-state index in [-0.39, 0.29) is 23.9 Å². The van der Waals surface area contributed by atoms with E-state index < -0.39 is 0 Å². The summed E-state index contributed by atoms with van der Waals surface area (Å²) in [6.45, 7) is 0.00492. The van der Waals surface area contributed by atoms with Gasteiger partial charge in [-0.05, 0) is 6.07 Å². The Morgan fingerprint density at radius 3 is 2.35 bits per heavy atom. The Morgan fingerprint density at radius 2 is 1.88 bits per heavy atom. The van der Waals surface area contributed by atoms with E-state index in [0.29, 0.717) is 5.56 Å². The third-order valence-corrected chi connectivity index (χ3v) is 2.25. The average molecular weight is 237 g/mol. The second-order valence-corrected chi connectivity index (χ2v) is 3.89. The van der Waals surface area contributed by atoms with Gasteiger partial charge in [0.2, 0.25) is 11.5 Å². The maximum absolute atomic E-state index is 11.8. The first kappa shape index (κ1) is 13.0. The van der Waals surface area contributed by atoms with Gasteiger partial charge < -0.3 is 14.8 Å². The fourth-order valence-corrected chi connectivity index (χ4v) is 1.18.